The van der Waals surface area contributed by atoms with E-state index in [1.54, 1.807) is 11.3 Å². The summed E-state index contributed by atoms with van der Waals surface area (Å²) in [5.41, 5.74) is -0.656. The third kappa shape index (κ3) is 2.78. The maximum atomic E-state index is 11.8. The molecule has 1 aromatic heterocycles. The van der Waals surface area contributed by atoms with Crippen molar-refractivity contribution in [2.45, 2.75) is 77.4 Å². The van der Waals surface area contributed by atoms with Gasteiger partial charge in [0.1, 0.15) is 5.60 Å². The van der Waals surface area contributed by atoms with Crippen LogP contribution in [0.5, 0.6) is 0 Å². The highest BCUT2D eigenvalue weighted by Gasteiger charge is 2.63. The van der Waals surface area contributed by atoms with Gasteiger partial charge in [-0.25, -0.2) is 0 Å². The summed E-state index contributed by atoms with van der Waals surface area (Å²) in [5, 5.41) is 34.0. The summed E-state index contributed by atoms with van der Waals surface area (Å²) in [5.74, 6) is 1.81. The van der Waals surface area contributed by atoms with Crippen LogP contribution in [0.15, 0.2) is 17.5 Å². The standard InChI is InChI=1S/C23H36O3S/c1-15-18(21(2)9-6-17(25)13-16(21)14-24)7-10-22(3)19(15)8-11-23(22,26)20-5-4-12-27-20/h4-5,12,15-19,24-26H,6-11,13-14H2,1-3H3/t15-,16-,17+,18+,19+,21+,22+,23-/m1/s1. The van der Waals surface area contributed by atoms with Crippen molar-refractivity contribution >= 4 is 11.3 Å². The first-order valence-electron chi connectivity index (χ1n) is 10.8. The maximum absolute atomic E-state index is 11.8. The zero-order chi connectivity index (χ0) is 19.4. The number of fused-ring (bicyclic) bond motifs is 1. The van der Waals surface area contributed by atoms with Crippen LogP contribution < -0.4 is 0 Å². The summed E-state index contributed by atoms with van der Waals surface area (Å²) in [4.78, 5) is 1.14. The molecule has 0 saturated heterocycles. The van der Waals surface area contributed by atoms with Gasteiger partial charge in [0.2, 0.25) is 0 Å². The highest BCUT2D eigenvalue weighted by atomic mass is 32.1. The SMILES string of the molecule is C[C@@H]1[C@@H]([C@@]2(C)CC[C@H](O)C[C@@H]2CO)CC[C@@]2(C)[C@H]1CC[C@@]2(O)c1cccs1. The van der Waals surface area contributed by atoms with Crippen LogP contribution in [-0.2, 0) is 5.60 Å². The Kier molecular flexibility index (Phi) is 5.03. The van der Waals surface area contributed by atoms with Crippen LogP contribution >= 0.6 is 11.3 Å². The molecular formula is C23H36O3S. The van der Waals surface area contributed by atoms with E-state index in [0.29, 0.717) is 17.8 Å². The summed E-state index contributed by atoms with van der Waals surface area (Å²) in [6.07, 6.45) is 6.47. The number of hydrogen-bond acceptors (Lipinski definition) is 4. The van der Waals surface area contributed by atoms with Gasteiger partial charge in [0.15, 0.2) is 0 Å². The van der Waals surface area contributed by atoms with Crippen LogP contribution in [0.1, 0.15) is 70.6 Å². The lowest BCUT2D eigenvalue weighted by atomic mass is 9.48. The van der Waals surface area contributed by atoms with E-state index >= 15 is 0 Å². The first-order valence-corrected chi connectivity index (χ1v) is 11.7. The summed E-state index contributed by atoms with van der Waals surface area (Å²) < 4.78 is 0. The van der Waals surface area contributed by atoms with Gasteiger partial charge >= 0.3 is 0 Å². The largest absolute Gasteiger partial charge is 0.396 e. The third-order valence-electron chi connectivity index (χ3n) is 9.33. The van der Waals surface area contributed by atoms with Gasteiger partial charge in [0, 0.05) is 16.9 Å². The van der Waals surface area contributed by atoms with Crippen molar-refractivity contribution in [3.63, 3.8) is 0 Å². The number of rotatable bonds is 3. The minimum Gasteiger partial charge on any atom is -0.396 e. The lowest BCUT2D eigenvalue weighted by molar-refractivity contribution is -0.141. The summed E-state index contributed by atoms with van der Waals surface area (Å²) in [6.45, 7) is 7.27. The zero-order valence-electron chi connectivity index (χ0n) is 17.0. The third-order valence-corrected chi connectivity index (χ3v) is 10.3. The van der Waals surface area contributed by atoms with Crippen molar-refractivity contribution in [3.05, 3.63) is 22.4 Å². The Morgan fingerprint density at radius 3 is 2.52 bits per heavy atom. The molecule has 27 heavy (non-hydrogen) atoms. The Balaban J connectivity index is 1.62. The number of thiophene rings is 1. The van der Waals surface area contributed by atoms with Gasteiger partial charge < -0.3 is 15.3 Å². The average Bonchev–Trinajstić information content (AvgIpc) is 3.26. The minimum absolute atomic E-state index is 0.0625. The Hall–Kier alpha value is -0.420. The second-order valence-electron chi connectivity index (χ2n) is 10.2. The molecule has 0 spiro atoms. The number of aliphatic hydroxyl groups excluding tert-OH is 2. The molecule has 3 fully saturated rings. The van der Waals surface area contributed by atoms with Crippen LogP contribution in [0.3, 0.4) is 0 Å². The lowest BCUT2D eigenvalue weighted by Crippen LogP contribution is -2.53. The molecule has 4 heteroatoms. The van der Waals surface area contributed by atoms with E-state index in [0.717, 1.165) is 49.8 Å². The highest BCUT2D eigenvalue weighted by molar-refractivity contribution is 7.10. The second kappa shape index (κ2) is 6.83. The van der Waals surface area contributed by atoms with E-state index < -0.39 is 5.60 Å². The summed E-state index contributed by atoms with van der Waals surface area (Å²) in [6, 6.07) is 4.17. The van der Waals surface area contributed by atoms with Crippen LogP contribution in [0.4, 0.5) is 0 Å². The van der Waals surface area contributed by atoms with E-state index in [-0.39, 0.29) is 29.5 Å². The summed E-state index contributed by atoms with van der Waals surface area (Å²) in [7, 11) is 0. The predicted molar refractivity (Wildman–Crippen MR) is 109 cm³/mol. The molecule has 1 heterocycles. The molecule has 3 saturated carbocycles. The minimum atomic E-state index is -0.689. The maximum Gasteiger partial charge on any atom is 0.104 e. The molecule has 0 bridgehead atoms. The van der Waals surface area contributed by atoms with E-state index in [9.17, 15) is 15.3 Å². The molecule has 8 atom stereocenters. The van der Waals surface area contributed by atoms with Gasteiger partial charge in [-0.3, -0.25) is 0 Å². The van der Waals surface area contributed by atoms with Crippen molar-refractivity contribution in [1.82, 2.24) is 0 Å². The molecule has 4 rings (SSSR count). The fraction of sp³-hybridized carbons (Fsp3) is 0.826. The molecule has 3 N–H and O–H groups in total. The Morgan fingerprint density at radius 1 is 1.11 bits per heavy atom. The molecule has 0 unspecified atom stereocenters. The molecular weight excluding hydrogens is 356 g/mol. The molecule has 0 aliphatic heterocycles. The molecule has 3 aliphatic carbocycles. The van der Waals surface area contributed by atoms with Crippen molar-refractivity contribution < 1.29 is 15.3 Å². The van der Waals surface area contributed by atoms with Gasteiger partial charge in [-0.2, -0.15) is 0 Å². The van der Waals surface area contributed by atoms with Crippen molar-refractivity contribution in [3.8, 4) is 0 Å². The monoisotopic (exact) mass is 392 g/mol. The molecule has 3 nitrogen and oxygen atoms in total. The molecule has 0 radical (unpaired) electrons. The van der Waals surface area contributed by atoms with Gasteiger partial charge in [0.05, 0.1) is 6.10 Å². The lowest BCUT2D eigenvalue weighted by Gasteiger charge is -2.57. The van der Waals surface area contributed by atoms with E-state index in [4.69, 9.17) is 0 Å². The van der Waals surface area contributed by atoms with E-state index in [1.165, 1.54) is 0 Å². The van der Waals surface area contributed by atoms with Crippen molar-refractivity contribution in [2.75, 3.05) is 6.61 Å². The number of aliphatic hydroxyl groups is 3. The van der Waals surface area contributed by atoms with E-state index in [2.05, 4.69) is 38.3 Å². The van der Waals surface area contributed by atoms with Gasteiger partial charge in [-0.15, -0.1) is 11.3 Å². The molecule has 152 valence electrons. The van der Waals surface area contributed by atoms with Crippen molar-refractivity contribution in [1.29, 1.82) is 0 Å². The van der Waals surface area contributed by atoms with Gasteiger partial charge in [0.25, 0.3) is 0 Å². The Labute approximate surface area is 167 Å². The van der Waals surface area contributed by atoms with Crippen LogP contribution in [0.25, 0.3) is 0 Å². The van der Waals surface area contributed by atoms with Crippen LogP contribution in [-0.4, -0.2) is 28.0 Å². The Bertz CT molecular complexity index is 661. The highest BCUT2D eigenvalue weighted by Crippen LogP contribution is 2.67. The first kappa shape index (κ1) is 19.9. The van der Waals surface area contributed by atoms with Crippen LogP contribution in [0, 0.1) is 34.5 Å². The van der Waals surface area contributed by atoms with Gasteiger partial charge in [-0.05, 0) is 85.5 Å². The zero-order valence-corrected chi connectivity index (χ0v) is 17.8. The predicted octanol–water partition coefficient (Wildman–Crippen LogP) is 4.56. The molecule has 0 aromatic carbocycles. The Morgan fingerprint density at radius 2 is 1.85 bits per heavy atom. The van der Waals surface area contributed by atoms with Crippen molar-refractivity contribution in [2.24, 2.45) is 34.5 Å². The quantitative estimate of drug-likeness (QED) is 0.707. The molecule has 3 aliphatic rings. The normalized spacial score (nSPS) is 50.5. The topological polar surface area (TPSA) is 60.7 Å². The second-order valence-corrected chi connectivity index (χ2v) is 11.2. The fourth-order valence-corrected chi connectivity index (χ4v) is 8.52. The smallest absolute Gasteiger partial charge is 0.104 e. The number of hydrogen-bond donors (Lipinski definition) is 3. The first-order chi connectivity index (χ1) is 12.8. The molecule has 1 aromatic rings. The fourth-order valence-electron chi connectivity index (χ4n) is 7.53. The van der Waals surface area contributed by atoms with Gasteiger partial charge in [-0.1, -0.05) is 26.8 Å². The summed E-state index contributed by atoms with van der Waals surface area (Å²) >= 11 is 1.70. The van der Waals surface area contributed by atoms with Crippen LogP contribution in [0.2, 0.25) is 0 Å². The average molecular weight is 393 g/mol. The molecule has 0 amide bonds. The van der Waals surface area contributed by atoms with E-state index in [1.807, 2.05) is 0 Å².